The predicted octanol–water partition coefficient (Wildman–Crippen LogP) is 5.41. The lowest BCUT2D eigenvalue weighted by atomic mass is 9.95. The first-order valence-electron chi connectivity index (χ1n) is 15.9. The quantitative estimate of drug-likeness (QED) is 0.132. The second kappa shape index (κ2) is 14.2. The number of hydrogen-bond acceptors (Lipinski definition) is 10. The molecule has 1 fully saturated rings. The molecule has 11 nitrogen and oxygen atoms in total. The van der Waals surface area contributed by atoms with E-state index >= 15 is 0 Å². The van der Waals surface area contributed by atoms with Crippen molar-refractivity contribution in [3.05, 3.63) is 88.8 Å². The largest absolute Gasteiger partial charge is 0.393 e. The molecule has 5 heterocycles. The first kappa shape index (κ1) is 35.0. The fraction of sp³-hybridized carbons (Fsp3) is 0.343. The van der Waals surface area contributed by atoms with Gasteiger partial charge in [-0.05, 0) is 61.2 Å². The molecule has 5 aromatic rings. The van der Waals surface area contributed by atoms with E-state index in [0.717, 1.165) is 65.4 Å². The lowest BCUT2D eigenvalue weighted by Crippen LogP contribution is -2.39. The number of piperidine rings is 1. The molecule has 1 amide bonds. The molecule has 0 spiro atoms. The number of nitrogens with zero attached hydrogens (tertiary/aromatic N) is 6. The van der Waals surface area contributed by atoms with Crippen LogP contribution in [0, 0.1) is 18.3 Å². The van der Waals surface area contributed by atoms with Crippen molar-refractivity contribution in [2.75, 3.05) is 30.3 Å². The number of carbonyl (C=O) groups excluding carboxylic acids is 1. The van der Waals surface area contributed by atoms with E-state index in [-0.39, 0.29) is 23.3 Å². The summed E-state index contributed by atoms with van der Waals surface area (Å²) in [5.74, 6) is 0.385. The number of anilines is 2. The number of thiophene rings is 1. The molecule has 0 radical (unpaired) electrons. The zero-order valence-electron chi connectivity index (χ0n) is 27.2. The number of nitriles is 1. The minimum atomic E-state index is -4.29. The third-order valence-electron chi connectivity index (χ3n) is 9.08. The van der Waals surface area contributed by atoms with Gasteiger partial charge in [-0.25, -0.2) is 15.0 Å². The van der Waals surface area contributed by atoms with Crippen LogP contribution in [0.1, 0.15) is 40.1 Å². The zero-order valence-corrected chi connectivity index (χ0v) is 28.0. The number of likely N-dealkylation sites (tertiary alicyclic amines) is 1. The van der Waals surface area contributed by atoms with E-state index in [4.69, 9.17) is 0 Å². The second-order valence-corrected chi connectivity index (χ2v) is 13.6. The van der Waals surface area contributed by atoms with Crippen molar-refractivity contribution in [1.82, 2.24) is 24.4 Å². The fourth-order valence-electron chi connectivity index (χ4n) is 6.34. The van der Waals surface area contributed by atoms with E-state index in [1.165, 1.54) is 24.7 Å². The van der Waals surface area contributed by atoms with Gasteiger partial charge < -0.3 is 25.4 Å². The number of alkyl halides is 3. The molecule has 0 saturated carbocycles. The Morgan fingerprint density at radius 3 is 2.60 bits per heavy atom. The summed E-state index contributed by atoms with van der Waals surface area (Å²) in [5.41, 5.74) is 1.73. The highest BCUT2D eigenvalue weighted by atomic mass is 32.1. The topological polar surface area (TPSA) is 152 Å². The number of hydrogen-bond donors (Lipinski definition) is 4. The Hall–Kier alpha value is -4.88. The van der Waals surface area contributed by atoms with E-state index in [2.05, 4.69) is 43.1 Å². The summed E-state index contributed by atoms with van der Waals surface area (Å²) in [5, 5.41) is 39.3. The minimum Gasteiger partial charge on any atom is -0.393 e. The number of aromatic nitrogens is 4. The summed E-state index contributed by atoms with van der Waals surface area (Å²) in [6.45, 7) is 6.95. The molecular formula is C35H35F3N8O3S. The van der Waals surface area contributed by atoms with E-state index in [1.807, 2.05) is 19.1 Å². The molecule has 1 saturated heterocycles. The van der Waals surface area contributed by atoms with Gasteiger partial charge in [0.2, 0.25) is 5.91 Å². The van der Waals surface area contributed by atoms with Crippen molar-refractivity contribution in [3.8, 4) is 6.07 Å². The third-order valence-corrected chi connectivity index (χ3v) is 10.1. The third kappa shape index (κ3) is 7.48. The number of halogens is 3. The fourth-order valence-corrected chi connectivity index (χ4v) is 7.37. The van der Waals surface area contributed by atoms with E-state index in [0.29, 0.717) is 33.8 Å². The maximum Gasteiger partial charge on any atom is 0.393 e. The summed E-state index contributed by atoms with van der Waals surface area (Å²) >= 11 is 1.03. The van der Waals surface area contributed by atoms with E-state index in [9.17, 15) is 33.4 Å². The summed E-state index contributed by atoms with van der Waals surface area (Å²) in [6, 6.07) is 12.7. The number of amides is 1. The lowest BCUT2D eigenvalue weighted by molar-refractivity contribution is -0.126. The van der Waals surface area contributed by atoms with Crippen LogP contribution in [-0.4, -0.2) is 72.5 Å². The van der Waals surface area contributed by atoms with Crippen LogP contribution < -0.4 is 10.6 Å². The standard InChI is InChI=1S/C35H35F3N8O3S/c1-3-31(48)44-30-7-5-23(16-40-30)34(49,19-47)18-46-25(15-39)12-27-21(2)22(4-6-29(27)46)17-45-10-8-24(9-11-45)43-32-28-13-26(14-35(36,37)38)50-33(28)42-20-41-32/h3-7,12-13,16,20,24,47,49H,1,8-11,14,17-19H2,2H3,(H,40,44,48)(H,41,42,43). The smallest absolute Gasteiger partial charge is 0.393 e. The highest BCUT2D eigenvalue weighted by Crippen LogP contribution is 2.34. The van der Waals surface area contributed by atoms with Crippen LogP contribution in [0.5, 0.6) is 0 Å². The van der Waals surface area contributed by atoms with Crippen molar-refractivity contribution >= 4 is 50.0 Å². The molecule has 0 aliphatic carbocycles. The number of pyridine rings is 1. The van der Waals surface area contributed by atoms with Gasteiger partial charge in [0.25, 0.3) is 0 Å². The number of aliphatic hydroxyl groups excluding tert-OH is 1. The number of aryl methyl sites for hydroxylation is 1. The Balaban J connectivity index is 1.13. The second-order valence-electron chi connectivity index (χ2n) is 12.5. The van der Waals surface area contributed by atoms with Gasteiger partial charge in [-0.2, -0.15) is 18.4 Å². The Labute approximate surface area is 289 Å². The Bertz CT molecular complexity index is 2080. The molecule has 4 N–H and O–H groups in total. The molecule has 6 rings (SSSR count). The summed E-state index contributed by atoms with van der Waals surface area (Å²) in [4.78, 5) is 27.4. The number of benzene rings is 1. The van der Waals surface area contributed by atoms with Gasteiger partial charge in [0.1, 0.15) is 40.2 Å². The average Bonchev–Trinajstić information content (AvgIpc) is 3.67. The maximum absolute atomic E-state index is 13.0. The van der Waals surface area contributed by atoms with E-state index in [1.54, 1.807) is 16.7 Å². The molecule has 1 unspecified atom stereocenters. The van der Waals surface area contributed by atoms with Crippen LogP contribution in [0.2, 0.25) is 0 Å². The SMILES string of the molecule is C=CC(=O)Nc1ccc(C(O)(CO)Cn2c(C#N)cc3c(C)c(CN4CCC(Nc5ncnc6sc(CC(F)(F)F)cc56)CC4)ccc32)cn1. The van der Waals surface area contributed by atoms with Gasteiger partial charge >= 0.3 is 6.18 Å². The van der Waals surface area contributed by atoms with Crippen LogP contribution in [0.15, 0.2) is 61.6 Å². The Kier molecular flexibility index (Phi) is 9.90. The molecule has 1 aromatic carbocycles. The van der Waals surface area contributed by atoms with Crippen LogP contribution >= 0.6 is 11.3 Å². The van der Waals surface area contributed by atoms with Crippen LogP contribution in [-0.2, 0) is 29.9 Å². The highest BCUT2D eigenvalue weighted by molar-refractivity contribution is 7.18. The van der Waals surface area contributed by atoms with Gasteiger partial charge in [0.05, 0.1) is 25.0 Å². The first-order chi connectivity index (χ1) is 23.9. The zero-order chi connectivity index (χ0) is 35.6. The lowest BCUT2D eigenvalue weighted by Gasteiger charge is -2.33. The van der Waals surface area contributed by atoms with Crippen molar-refractivity contribution in [2.24, 2.45) is 0 Å². The summed E-state index contributed by atoms with van der Waals surface area (Å²) in [6.07, 6.45) is 0.225. The van der Waals surface area contributed by atoms with Crippen LogP contribution in [0.4, 0.5) is 24.8 Å². The number of rotatable bonds is 11. The monoisotopic (exact) mass is 704 g/mol. The predicted molar refractivity (Wildman–Crippen MR) is 185 cm³/mol. The van der Waals surface area contributed by atoms with Gasteiger partial charge in [-0.3, -0.25) is 9.69 Å². The maximum atomic E-state index is 13.0. The molecule has 50 heavy (non-hydrogen) atoms. The van der Waals surface area contributed by atoms with Crippen LogP contribution in [0.25, 0.3) is 21.1 Å². The summed E-state index contributed by atoms with van der Waals surface area (Å²) < 4.78 is 40.6. The first-order valence-corrected chi connectivity index (χ1v) is 16.8. The minimum absolute atomic E-state index is 0.105. The Morgan fingerprint density at radius 2 is 1.94 bits per heavy atom. The molecule has 4 aromatic heterocycles. The number of carbonyl (C=O) groups is 1. The van der Waals surface area contributed by atoms with Crippen molar-refractivity contribution in [3.63, 3.8) is 0 Å². The van der Waals surface area contributed by atoms with Gasteiger partial charge in [0, 0.05) is 53.2 Å². The van der Waals surface area contributed by atoms with Crippen molar-refractivity contribution in [2.45, 2.75) is 57.1 Å². The van der Waals surface area contributed by atoms with E-state index < -0.39 is 30.7 Å². The summed E-state index contributed by atoms with van der Waals surface area (Å²) in [7, 11) is 0. The van der Waals surface area contributed by atoms with Crippen LogP contribution in [0.3, 0.4) is 0 Å². The van der Waals surface area contributed by atoms with Crippen molar-refractivity contribution < 1.29 is 28.2 Å². The molecule has 1 atom stereocenters. The molecule has 1 aliphatic rings. The van der Waals surface area contributed by atoms with Gasteiger partial charge in [0.15, 0.2) is 0 Å². The molecule has 15 heteroatoms. The highest BCUT2D eigenvalue weighted by Gasteiger charge is 2.32. The molecule has 260 valence electrons. The Morgan fingerprint density at radius 1 is 1.16 bits per heavy atom. The number of aliphatic hydroxyl groups is 2. The normalized spacial score (nSPS) is 15.5. The molecule has 1 aliphatic heterocycles. The number of nitrogens with one attached hydrogen (secondary N) is 2. The molecular weight excluding hydrogens is 669 g/mol. The molecule has 0 bridgehead atoms. The van der Waals surface area contributed by atoms with Crippen molar-refractivity contribution in [1.29, 1.82) is 5.26 Å². The average molecular weight is 705 g/mol. The van der Waals surface area contributed by atoms with Gasteiger partial charge in [-0.1, -0.05) is 18.7 Å². The number of fused-ring (bicyclic) bond motifs is 2. The van der Waals surface area contributed by atoms with Gasteiger partial charge in [-0.15, -0.1) is 11.3 Å².